The monoisotopic (exact) mass is 268 g/mol. The van der Waals surface area contributed by atoms with Gasteiger partial charge in [-0.1, -0.05) is 87.5 Å². The third kappa shape index (κ3) is 6.32. The van der Waals surface area contributed by atoms with Crippen molar-refractivity contribution in [1.29, 1.82) is 0 Å². The van der Waals surface area contributed by atoms with Crippen LogP contribution in [0, 0.1) is 22.7 Å². The van der Waals surface area contributed by atoms with Crippen molar-refractivity contribution in [2.45, 2.75) is 100 Å². The second kappa shape index (κ2) is 8.32. The first-order chi connectivity index (χ1) is 8.68. The molecule has 0 aromatic heterocycles. The standard InChI is InChI=1S/C19H40/c1-9-17(5)13-15-19(8,18(6,7)10-2)14-11-12-16(3)4/h16-17H,9-15H2,1-8H3. The highest BCUT2D eigenvalue weighted by molar-refractivity contribution is 4.89. The van der Waals surface area contributed by atoms with Crippen LogP contribution >= 0.6 is 0 Å². The molecule has 0 saturated carbocycles. The molecule has 0 nitrogen and oxygen atoms in total. The van der Waals surface area contributed by atoms with Gasteiger partial charge in [-0.25, -0.2) is 0 Å². The van der Waals surface area contributed by atoms with E-state index in [1.165, 1.54) is 44.9 Å². The molecule has 0 amide bonds. The maximum atomic E-state index is 2.55. The van der Waals surface area contributed by atoms with E-state index in [0.29, 0.717) is 10.8 Å². The third-order valence-corrected chi connectivity index (χ3v) is 5.91. The fraction of sp³-hybridized carbons (Fsp3) is 1.00. The second-order valence-electron chi connectivity index (χ2n) is 8.14. The molecule has 0 spiro atoms. The maximum Gasteiger partial charge on any atom is -0.0275 e. The van der Waals surface area contributed by atoms with Crippen LogP contribution in [0.4, 0.5) is 0 Å². The van der Waals surface area contributed by atoms with E-state index in [1.54, 1.807) is 0 Å². The minimum atomic E-state index is 0.470. The summed E-state index contributed by atoms with van der Waals surface area (Å²) in [5.74, 6) is 1.74. The zero-order valence-electron chi connectivity index (χ0n) is 15.1. The van der Waals surface area contributed by atoms with Crippen LogP contribution in [-0.4, -0.2) is 0 Å². The lowest BCUT2D eigenvalue weighted by Gasteiger charge is -2.45. The molecule has 0 saturated heterocycles. The maximum absolute atomic E-state index is 2.55. The summed E-state index contributed by atoms with van der Waals surface area (Å²) in [6.45, 7) is 19.3. The van der Waals surface area contributed by atoms with Gasteiger partial charge < -0.3 is 0 Å². The van der Waals surface area contributed by atoms with Crippen molar-refractivity contribution in [3.63, 3.8) is 0 Å². The zero-order chi connectivity index (χ0) is 15.1. The summed E-state index contributed by atoms with van der Waals surface area (Å²) >= 11 is 0. The molecule has 0 heteroatoms. The van der Waals surface area contributed by atoms with E-state index < -0.39 is 0 Å². The van der Waals surface area contributed by atoms with Crippen LogP contribution in [0.15, 0.2) is 0 Å². The van der Waals surface area contributed by atoms with Crippen molar-refractivity contribution < 1.29 is 0 Å². The first kappa shape index (κ1) is 19.0. The van der Waals surface area contributed by atoms with Crippen LogP contribution < -0.4 is 0 Å². The van der Waals surface area contributed by atoms with Gasteiger partial charge in [-0.2, -0.15) is 0 Å². The molecular formula is C19H40. The molecule has 2 unspecified atom stereocenters. The van der Waals surface area contributed by atoms with Crippen molar-refractivity contribution in [2.24, 2.45) is 22.7 Å². The molecule has 0 aromatic carbocycles. The van der Waals surface area contributed by atoms with E-state index >= 15 is 0 Å². The van der Waals surface area contributed by atoms with E-state index in [9.17, 15) is 0 Å². The zero-order valence-corrected chi connectivity index (χ0v) is 15.1. The summed E-state index contributed by atoms with van der Waals surface area (Å²) in [5.41, 5.74) is 0.984. The molecule has 19 heavy (non-hydrogen) atoms. The molecule has 0 aliphatic rings. The van der Waals surface area contributed by atoms with Gasteiger partial charge in [-0.3, -0.25) is 0 Å². The highest BCUT2D eigenvalue weighted by Gasteiger charge is 2.38. The van der Waals surface area contributed by atoms with Gasteiger partial charge >= 0.3 is 0 Å². The Labute approximate surface area is 123 Å². The minimum absolute atomic E-state index is 0.470. The lowest BCUT2D eigenvalue weighted by molar-refractivity contribution is 0.0516. The third-order valence-electron chi connectivity index (χ3n) is 5.91. The van der Waals surface area contributed by atoms with Crippen molar-refractivity contribution in [3.8, 4) is 0 Å². The topological polar surface area (TPSA) is 0 Å². The molecule has 0 aliphatic heterocycles. The van der Waals surface area contributed by atoms with Crippen molar-refractivity contribution in [1.82, 2.24) is 0 Å². The van der Waals surface area contributed by atoms with Gasteiger partial charge in [0.1, 0.15) is 0 Å². The summed E-state index contributed by atoms with van der Waals surface area (Å²) in [4.78, 5) is 0. The second-order valence-corrected chi connectivity index (χ2v) is 8.14. The molecule has 0 rings (SSSR count). The molecule has 0 radical (unpaired) electrons. The lowest BCUT2D eigenvalue weighted by Crippen LogP contribution is -2.35. The van der Waals surface area contributed by atoms with Gasteiger partial charge in [-0.05, 0) is 35.5 Å². The molecule has 0 bridgehead atoms. The highest BCUT2D eigenvalue weighted by atomic mass is 14.4. The molecule has 0 aromatic rings. The lowest BCUT2D eigenvalue weighted by atomic mass is 9.60. The predicted octanol–water partition coefficient (Wildman–Crippen LogP) is 7.08. The number of rotatable bonds is 10. The van der Waals surface area contributed by atoms with Crippen LogP contribution in [-0.2, 0) is 0 Å². The fourth-order valence-electron chi connectivity index (χ4n) is 2.90. The first-order valence-electron chi connectivity index (χ1n) is 8.68. The van der Waals surface area contributed by atoms with Gasteiger partial charge in [0.25, 0.3) is 0 Å². The van der Waals surface area contributed by atoms with Gasteiger partial charge in [-0.15, -0.1) is 0 Å². The molecule has 0 fully saturated rings. The van der Waals surface area contributed by atoms with E-state index in [0.717, 1.165) is 11.8 Å². The fourth-order valence-corrected chi connectivity index (χ4v) is 2.90. The largest absolute Gasteiger partial charge is 0.0651 e. The Hall–Kier alpha value is 0. The minimum Gasteiger partial charge on any atom is -0.0651 e. The molecular weight excluding hydrogens is 228 g/mol. The van der Waals surface area contributed by atoms with E-state index in [2.05, 4.69) is 55.4 Å². The highest BCUT2D eigenvalue weighted by Crippen LogP contribution is 2.49. The molecule has 116 valence electrons. The SMILES string of the molecule is CCC(C)CCC(C)(CCCC(C)C)C(C)(C)CC. The normalized spacial score (nSPS) is 17.5. The smallest absolute Gasteiger partial charge is 0.0275 e. The predicted molar refractivity (Wildman–Crippen MR) is 89.6 cm³/mol. The molecule has 0 aliphatic carbocycles. The van der Waals surface area contributed by atoms with Gasteiger partial charge in [0.15, 0.2) is 0 Å². The Balaban J connectivity index is 4.63. The Morgan fingerprint density at radius 1 is 0.842 bits per heavy atom. The van der Waals surface area contributed by atoms with Crippen molar-refractivity contribution in [2.75, 3.05) is 0 Å². The van der Waals surface area contributed by atoms with Crippen molar-refractivity contribution >= 4 is 0 Å². The Bertz CT molecular complexity index is 226. The first-order valence-corrected chi connectivity index (χ1v) is 8.68. The van der Waals surface area contributed by atoms with Crippen LogP contribution in [0.2, 0.25) is 0 Å². The summed E-state index contributed by atoms with van der Waals surface area (Å²) < 4.78 is 0. The summed E-state index contributed by atoms with van der Waals surface area (Å²) in [6.07, 6.45) is 9.62. The Kier molecular flexibility index (Phi) is 8.32. The molecule has 2 atom stereocenters. The van der Waals surface area contributed by atoms with E-state index in [1.807, 2.05) is 0 Å². The summed E-state index contributed by atoms with van der Waals surface area (Å²) in [5, 5.41) is 0. The van der Waals surface area contributed by atoms with Gasteiger partial charge in [0.05, 0.1) is 0 Å². The average molecular weight is 269 g/mol. The van der Waals surface area contributed by atoms with Crippen LogP contribution in [0.5, 0.6) is 0 Å². The number of hydrogen-bond donors (Lipinski definition) is 0. The van der Waals surface area contributed by atoms with Crippen LogP contribution in [0.3, 0.4) is 0 Å². The number of hydrogen-bond acceptors (Lipinski definition) is 0. The quantitative estimate of drug-likeness (QED) is 0.397. The molecule has 0 N–H and O–H groups in total. The van der Waals surface area contributed by atoms with Crippen molar-refractivity contribution in [3.05, 3.63) is 0 Å². The van der Waals surface area contributed by atoms with Crippen LogP contribution in [0.25, 0.3) is 0 Å². The summed E-state index contributed by atoms with van der Waals surface area (Å²) in [7, 11) is 0. The summed E-state index contributed by atoms with van der Waals surface area (Å²) in [6, 6.07) is 0. The van der Waals surface area contributed by atoms with Gasteiger partial charge in [0.2, 0.25) is 0 Å². The Morgan fingerprint density at radius 2 is 1.42 bits per heavy atom. The molecule has 0 heterocycles. The van der Waals surface area contributed by atoms with E-state index in [4.69, 9.17) is 0 Å². The van der Waals surface area contributed by atoms with Gasteiger partial charge in [0, 0.05) is 0 Å². The Morgan fingerprint density at radius 3 is 1.84 bits per heavy atom. The average Bonchev–Trinajstić information content (AvgIpc) is 2.35. The van der Waals surface area contributed by atoms with Crippen LogP contribution in [0.1, 0.15) is 100 Å². The van der Waals surface area contributed by atoms with E-state index in [-0.39, 0.29) is 0 Å².